The van der Waals surface area contributed by atoms with Gasteiger partial charge in [0.25, 0.3) is 0 Å². The SMILES string of the molecule is Cc1ccc2c(Cc3ccc4cnccc4c3)cncc2c1. The fourth-order valence-electron chi connectivity index (χ4n) is 2.96. The monoisotopic (exact) mass is 284 g/mol. The summed E-state index contributed by atoms with van der Waals surface area (Å²) in [4.78, 5) is 8.57. The van der Waals surface area contributed by atoms with Crippen molar-refractivity contribution < 1.29 is 0 Å². The molecule has 0 aliphatic carbocycles. The lowest BCUT2D eigenvalue weighted by atomic mass is 9.98. The van der Waals surface area contributed by atoms with Crippen molar-refractivity contribution in [3.63, 3.8) is 0 Å². The Bertz CT molecular complexity index is 973. The number of aromatic nitrogens is 2. The Labute approximate surface area is 129 Å². The molecule has 0 fully saturated rings. The van der Waals surface area contributed by atoms with E-state index in [-0.39, 0.29) is 0 Å². The van der Waals surface area contributed by atoms with E-state index >= 15 is 0 Å². The second-order valence-corrected chi connectivity index (χ2v) is 5.76. The molecular weight excluding hydrogens is 268 g/mol. The number of hydrogen-bond donors (Lipinski definition) is 0. The van der Waals surface area contributed by atoms with E-state index in [1.54, 1.807) is 0 Å². The first-order chi connectivity index (χ1) is 10.8. The molecule has 106 valence electrons. The summed E-state index contributed by atoms with van der Waals surface area (Å²) in [5.74, 6) is 0. The first-order valence-electron chi connectivity index (χ1n) is 7.45. The van der Waals surface area contributed by atoms with Gasteiger partial charge in [-0.1, -0.05) is 35.9 Å². The number of fused-ring (bicyclic) bond motifs is 2. The Morgan fingerprint density at radius 3 is 2.64 bits per heavy atom. The van der Waals surface area contributed by atoms with Crippen LogP contribution in [0.4, 0.5) is 0 Å². The number of nitrogens with zero attached hydrogens (tertiary/aromatic N) is 2. The van der Waals surface area contributed by atoms with Crippen molar-refractivity contribution in [1.82, 2.24) is 9.97 Å². The molecule has 22 heavy (non-hydrogen) atoms. The van der Waals surface area contributed by atoms with E-state index in [0.717, 1.165) is 6.42 Å². The van der Waals surface area contributed by atoms with Crippen molar-refractivity contribution >= 4 is 21.5 Å². The highest BCUT2D eigenvalue weighted by molar-refractivity contribution is 5.86. The van der Waals surface area contributed by atoms with Crippen LogP contribution in [0.5, 0.6) is 0 Å². The molecule has 0 amide bonds. The average molecular weight is 284 g/mol. The lowest BCUT2D eigenvalue weighted by Gasteiger charge is -2.08. The highest BCUT2D eigenvalue weighted by Gasteiger charge is 2.04. The molecule has 0 aliphatic heterocycles. The fraction of sp³-hybridized carbons (Fsp3) is 0.100. The molecule has 2 nitrogen and oxygen atoms in total. The molecule has 0 atom stereocenters. The van der Waals surface area contributed by atoms with E-state index < -0.39 is 0 Å². The van der Waals surface area contributed by atoms with Crippen LogP contribution in [-0.4, -0.2) is 9.97 Å². The quantitative estimate of drug-likeness (QED) is 0.534. The van der Waals surface area contributed by atoms with Gasteiger partial charge in [0.15, 0.2) is 0 Å². The number of benzene rings is 2. The van der Waals surface area contributed by atoms with Crippen molar-refractivity contribution in [3.8, 4) is 0 Å². The Morgan fingerprint density at radius 1 is 0.773 bits per heavy atom. The van der Waals surface area contributed by atoms with Gasteiger partial charge in [0.05, 0.1) is 0 Å². The summed E-state index contributed by atoms with van der Waals surface area (Å²) in [5.41, 5.74) is 3.84. The van der Waals surface area contributed by atoms with E-state index in [1.807, 2.05) is 24.8 Å². The van der Waals surface area contributed by atoms with Crippen LogP contribution in [0, 0.1) is 6.92 Å². The Balaban J connectivity index is 1.78. The molecule has 0 spiro atoms. The molecule has 2 heteroatoms. The molecular formula is C20H16N2. The van der Waals surface area contributed by atoms with Crippen LogP contribution >= 0.6 is 0 Å². The maximum atomic E-state index is 4.40. The van der Waals surface area contributed by atoms with E-state index in [4.69, 9.17) is 0 Å². The smallest absolute Gasteiger partial charge is 0.0346 e. The maximum Gasteiger partial charge on any atom is 0.0346 e. The summed E-state index contributed by atoms with van der Waals surface area (Å²) in [6.45, 7) is 2.11. The molecule has 2 aromatic heterocycles. The Hall–Kier alpha value is -2.74. The van der Waals surface area contributed by atoms with Crippen LogP contribution in [0.25, 0.3) is 21.5 Å². The molecule has 0 saturated heterocycles. The topological polar surface area (TPSA) is 25.8 Å². The van der Waals surface area contributed by atoms with Gasteiger partial charge in [0.1, 0.15) is 0 Å². The fourth-order valence-corrected chi connectivity index (χ4v) is 2.96. The van der Waals surface area contributed by atoms with Crippen molar-refractivity contribution in [3.05, 3.63) is 83.9 Å². The molecule has 0 radical (unpaired) electrons. The van der Waals surface area contributed by atoms with Gasteiger partial charge in [-0.3, -0.25) is 9.97 Å². The first-order valence-corrected chi connectivity index (χ1v) is 7.45. The van der Waals surface area contributed by atoms with Crippen molar-refractivity contribution in [2.24, 2.45) is 0 Å². The number of pyridine rings is 2. The minimum absolute atomic E-state index is 0.895. The summed E-state index contributed by atoms with van der Waals surface area (Å²) in [6, 6.07) is 15.2. The van der Waals surface area contributed by atoms with Gasteiger partial charge >= 0.3 is 0 Å². The average Bonchev–Trinajstić information content (AvgIpc) is 2.55. The van der Waals surface area contributed by atoms with Gasteiger partial charge in [-0.15, -0.1) is 0 Å². The van der Waals surface area contributed by atoms with E-state index in [0.29, 0.717) is 0 Å². The molecule has 4 rings (SSSR count). The van der Waals surface area contributed by atoms with Gasteiger partial charge in [0, 0.05) is 35.6 Å². The van der Waals surface area contributed by atoms with Crippen LogP contribution in [0.3, 0.4) is 0 Å². The summed E-state index contributed by atoms with van der Waals surface area (Å²) >= 11 is 0. The standard InChI is InChI=1S/C20H16N2/c1-14-2-5-20-18(8-14)12-22-13-19(20)10-15-3-4-17-11-21-7-6-16(17)9-15/h2-9,11-13H,10H2,1H3. The molecule has 0 aliphatic rings. The Kier molecular flexibility index (Phi) is 3.08. The van der Waals surface area contributed by atoms with Crippen LogP contribution < -0.4 is 0 Å². The molecule has 0 unspecified atom stereocenters. The highest BCUT2D eigenvalue weighted by atomic mass is 14.6. The number of rotatable bonds is 2. The zero-order chi connectivity index (χ0) is 14.9. The summed E-state index contributed by atoms with van der Waals surface area (Å²) < 4.78 is 0. The lowest BCUT2D eigenvalue weighted by Crippen LogP contribution is -1.92. The second-order valence-electron chi connectivity index (χ2n) is 5.76. The molecule has 4 aromatic rings. The van der Waals surface area contributed by atoms with Gasteiger partial charge in [-0.2, -0.15) is 0 Å². The van der Waals surface area contributed by atoms with Crippen molar-refractivity contribution in [2.75, 3.05) is 0 Å². The largest absolute Gasteiger partial charge is 0.264 e. The summed E-state index contributed by atoms with van der Waals surface area (Å²) in [7, 11) is 0. The zero-order valence-corrected chi connectivity index (χ0v) is 12.5. The number of hydrogen-bond acceptors (Lipinski definition) is 2. The van der Waals surface area contributed by atoms with Crippen molar-refractivity contribution in [1.29, 1.82) is 0 Å². The number of aryl methyl sites for hydroxylation is 1. The van der Waals surface area contributed by atoms with E-state index in [9.17, 15) is 0 Å². The third kappa shape index (κ3) is 2.33. The van der Waals surface area contributed by atoms with Crippen LogP contribution in [0.2, 0.25) is 0 Å². The first kappa shape index (κ1) is 13.0. The lowest BCUT2D eigenvalue weighted by molar-refractivity contribution is 1.17. The van der Waals surface area contributed by atoms with E-state index in [2.05, 4.69) is 59.4 Å². The van der Waals surface area contributed by atoms with Gasteiger partial charge in [-0.05, 0) is 47.4 Å². The van der Waals surface area contributed by atoms with Crippen LogP contribution in [0.1, 0.15) is 16.7 Å². The Morgan fingerprint density at radius 2 is 1.68 bits per heavy atom. The highest BCUT2D eigenvalue weighted by Crippen LogP contribution is 2.23. The van der Waals surface area contributed by atoms with Crippen LogP contribution in [0.15, 0.2) is 67.3 Å². The summed E-state index contributed by atoms with van der Waals surface area (Å²) in [5, 5.41) is 4.91. The molecule has 2 heterocycles. The molecule has 2 aromatic carbocycles. The normalized spacial score (nSPS) is 11.1. The molecule has 0 bridgehead atoms. The predicted octanol–water partition coefficient (Wildman–Crippen LogP) is 4.68. The minimum Gasteiger partial charge on any atom is -0.264 e. The third-order valence-electron chi connectivity index (χ3n) is 4.10. The third-order valence-corrected chi connectivity index (χ3v) is 4.10. The zero-order valence-electron chi connectivity index (χ0n) is 12.5. The molecule has 0 saturated carbocycles. The second kappa shape index (κ2) is 5.23. The van der Waals surface area contributed by atoms with Crippen molar-refractivity contribution in [2.45, 2.75) is 13.3 Å². The van der Waals surface area contributed by atoms with Gasteiger partial charge in [-0.25, -0.2) is 0 Å². The van der Waals surface area contributed by atoms with Gasteiger partial charge < -0.3 is 0 Å². The predicted molar refractivity (Wildman–Crippen MR) is 91.0 cm³/mol. The molecule has 0 N–H and O–H groups in total. The maximum absolute atomic E-state index is 4.40. The van der Waals surface area contributed by atoms with Gasteiger partial charge in [0.2, 0.25) is 0 Å². The minimum atomic E-state index is 0.895. The summed E-state index contributed by atoms with van der Waals surface area (Å²) in [6.07, 6.45) is 8.56. The van der Waals surface area contributed by atoms with E-state index in [1.165, 1.54) is 38.2 Å². The van der Waals surface area contributed by atoms with Crippen LogP contribution in [-0.2, 0) is 6.42 Å².